The van der Waals surface area contributed by atoms with E-state index in [0.717, 1.165) is 49.1 Å². The summed E-state index contributed by atoms with van der Waals surface area (Å²) in [7, 11) is -7.63. The summed E-state index contributed by atoms with van der Waals surface area (Å²) in [6.07, 6.45) is -5.12. The number of hydrogen-bond acceptors (Lipinski definition) is 8. The number of sulfone groups is 2. The number of benzene rings is 2. The van der Waals surface area contributed by atoms with Gasteiger partial charge in [0.15, 0.2) is 15.9 Å². The second kappa shape index (κ2) is 9.76. The van der Waals surface area contributed by atoms with Gasteiger partial charge in [-0.2, -0.15) is 13.2 Å². The topological polar surface area (TPSA) is 110 Å². The molecule has 4 rings (SSSR count). The molecular weight excluding hydrogens is 556 g/mol. The van der Waals surface area contributed by atoms with Crippen LogP contribution < -0.4 is 14.4 Å². The molecule has 0 N–H and O–H groups in total. The summed E-state index contributed by atoms with van der Waals surface area (Å²) in [6.45, 7) is 0.947. The number of alkyl halides is 3. The molecular formula is C23H22F4N2O7S2. The van der Waals surface area contributed by atoms with Gasteiger partial charge in [-0.05, 0) is 31.2 Å². The normalized spacial score (nSPS) is 17.9. The number of hydrogen-bond donors (Lipinski definition) is 0. The number of rotatable bonds is 5. The third-order valence-electron chi connectivity index (χ3n) is 6.03. The summed E-state index contributed by atoms with van der Waals surface area (Å²) in [5.41, 5.74) is -0.314. The van der Waals surface area contributed by atoms with Crippen LogP contribution in [0, 0.1) is 5.82 Å². The minimum absolute atomic E-state index is 0.00574. The van der Waals surface area contributed by atoms with Crippen LogP contribution in [0.25, 0.3) is 0 Å². The molecule has 0 aromatic heterocycles. The Balaban J connectivity index is 1.57. The number of carbonyl (C=O) groups is 1. The van der Waals surface area contributed by atoms with E-state index in [9.17, 15) is 39.2 Å². The fraction of sp³-hybridized carbons (Fsp3) is 0.348. The lowest BCUT2D eigenvalue weighted by atomic mass is 10.1. The van der Waals surface area contributed by atoms with Gasteiger partial charge in [0.25, 0.3) is 5.91 Å². The van der Waals surface area contributed by atoms with Crippen LogP contribution in [0.5, 0.6) is 11.5 Å². The Kier molecular flexibility index (Phi) is 7.12. The number of nitrogens with zero attached hydrogens (tertiary/aromatic N) is 2. The van der Waals surface area contributed by atoms with Gasteiger partial charge in [0.05, 0.1) is 21.6 Å². The number of piperazine rings is 1. The minimum Gasteiger partial charge on any atom is -0.480 e. The lowest BCUT2D eigenvalue weighted by Crippen LogP contribution is -2.49. The van der Waals surface area contributed by atoms with E-state index in [4.69, 9.17) is 9.47 Å². The Labute approximate surface area is 216 Å². The van der Waals surface area contributed by atoms with E-state index in [2.05, 4.69) is 0 Å². The standard InChI is InChI=1S/C23H22F4N2O7S2/c1-14(23(25,26)27)36-19-4-3-15(37(2,31)32)11-16(19)22(30)29-7-5-28(6-8-29)18-13-20-21(12-17(18)24)38(33,34)10-9-35-20/h3-4,9-14H,5-8H2,1-2H3/t14-/m0/s1. The van der Waals surface area contributed by atoms with Gasteiger partial charge >= 0.3 is 6.18 Å². The molecule has 0 unspecified atom stereocenters. The van der Waals surface area contributed by atoms with E-state index < -0.39 is 49.4 Å². The lowest BCUT2D eigenvalue weighted by Gasteiger charge is -2.36. The second-order valence-corrected chi connectivity index (χ2v) is 12.5. The summed E-state index contributed by atoms with van der Waals surface area (Å²) in [5.74, 6) is -2.06. The molecule has 38 heavy (non-hydrogen) atoms. The van der Waals surface area contributed by atoms with E-state index in [0.29, 0.717) is 0 Å². The van der Waals surface area contributed by atoms with Crippen LogP contribution in [0.15, 0.2) is 51.8 Å². The molecule has 0 aliphatic carbocycles. The molecule has 1 saturated heterocycles. The maximum Gasteiger partial charge on any atom is 0.425 e. The molecule has 1 amide bonds. The predicted molar refractivity (Wildman–Crippen MR) is 127 cm³/mol. The van der Waals surface area contributed by atoms with E-state index >= 15 is 0 Å². The van der Waals surface area contributed by atoms with Crippen LogP contribution in [0.3, 0.4) is 0 Å². The van der Waals surface area contributed by atoms with Crippen molar-refractivity contribution in [3.8, 4) is 11.5 Å². The number of ether oxygens (including phenoxy) is 2. The van der Waals surface area contributed by atoms with Crippen molar-refractivity contribution in [2.45, 2.75) is 29.0 Å². The molecule has 2 aromatic rings. The quantitative estimate of drug-likeness (QED) is 0.498. The summed E-state index contributed by atoms with van der Waals surface area (Å²) in [4.78, 5) is 15.5. The van der Waals surface area contributed by atoms with Crippen LogP contribution in [0.4, 0.5) is 23.2 Å². The monoisotopic (exact) mass is 578 g/mol. The Bertz CT molecular complexity index is 1510. The van der Waals surface area contributed by atoms with Gasteiger partial charge in [0.1, 0.15) is 28.5 Å². The van der Waals surface area contributed by atoms with Crippen molar-refractivity contribution >= 4 is 31.3 Å². The summed E-state index contributed by atoms with van der Waals surface area (Å²) in [5, 5.41) is 0.811. The molecule has 2 heterocycles. The van der Waals surface area contributed by atoms with Crippen molar-refractivity contribution < 1.29 is 48.7 Å². The SMILES string of the molecule is C[C@H](Oc1ccc(S(C)(=O)=O)cc1C(=O)N1CCN(c2cc3c(cc2F)S(=O)(=O)C=CO3)CC1)C(F)(F)F. The van der Waals surface area contributed by atoms with Crippen molar-refractivity contribution in [3.63, 3.8) is 0 Å². The summed E-state index contributed by atoms with van der Waals surface area (Å²) < 4.78 is 112. The van der Waals surface area contributed by atoms with Crippen LogP contribution in [0.2, 0.25) is 0 Å². The second-order valence-electron chi connectivity index (χ2n) is 8.70. The van der Waals surface area contributed by atoms with Gasteiger partial charge in [0, 0.05) is 38.5 Å². The number of amides is 1. The largest absolute Gasteiger partial charge is 0.480 e. The Morgan fingerprint density at radius 2 is 1.76 bits per heavy atom. The Hall–Kier alpha value is -3.33. The summed E-state index contributed by atoms with van der Waals surface area (Å²) >= 11 is 0. The lowest BCUT2D eigenvalue weighted by molar-refractivity contribution is -0.189. The van der Waals surface area contributed by atoms with Gasteiger partial charge in [-0.3, -0.25) is 4.79 Å². The van der Waals surface area contributed by atoms with Gasteiger partial charge in [-0.15, -0.1) is 0 Å². The Morgan fingerprint density at radius 3 is 2.37 bits per heavy atom. The van der Waals surface area contributed by atoms with Crippen LogP contribution in [-0.2, 0) is 19.7 Å². The number of carbonyl (C=O) groups excluding carboxylic acids is 1. The first-order valence-corrected chi connectivity index (χ1v) is 14.6. The zero-order valence-corrected chi connectivity index (χ0v) is 21.7. The molecule has 9 nitrogen and oxygen atoms in total. The zero-order chi connectivity index (χ0) is 28.0. The fourth-order valence-electron chi connectivity index (χ4n) is 3.92. The highest BCUT2D eigenvalue weighted by atomic mass is 32.2. The third kappa shape index (κ3) is 5.57. The molecule has 0 spiro atoms. The van der Waals surface area contributed by atoms with Crippen LogP contribution in [-0.4, -0.2) is 72.4 Å². The number of fused-ring (bicyclic) bond motifs is 1. The molecule has 206 valence electrons. The average molecular weight is 579 g/mol. The first-order chi connectivity index (χ1) is 17.6. The fourth-order valence-corrected chi connectivity index (χ4v) is 5.57. The van der Waals surface area contributed by atoms with Crippen molar-refractivity contribution in [1.29, 1.82) is 0 Å². The van der Waals surface area contributed by atoms with Crippen LogP contribution >= 0.6 is 0 Å². The van der Waals surface area contributed by atoms with E-state index in [1.807, 2.05) is 0 Å². The smallest absolute Gasteiger partial charge is 0.425 e. The molecule has 1 atom stereocenters. The van der Waals surface area contributed by atoms with Crippen molar-refractivity contribution in [2.75, 3.05) is 37.3 Å². The van der Waals surface area contributed by atoms with Crippen molar-refractivity contribution in [2.24, 2.45) is 0 Å². The average Bonchev–Trinajstić information content (AvgIpc) is 2.83. The Morgan fingerprint density at radius 1 is 1.11 bits per heavy atom. The molecule has 0 radical (unpaired) electrons. The zero-order valence-electron chi connectivity index (χ0n) is 20.0. The molecule has 15 heteroatoms. The van der Waals surface area contributed by atoms with Crippen LogP contribution in [0.1, 0.15) is 17.3 Å². The van der Waals surface area contributed by atoms with E-state index in [1.54, 1.807) is 4.90 Å². The first-order valence-electron chi connectivity index (χ1n) is 11.1. The summed E-state index contributed by atoms with van der Waals surface area (Å²) in [6, 6.07) is 5.12. The van der Waals surface area contributed by atoms with Gasteiger partial charge in [0.2, 0.25) is 9.84 Å². The van der Waals surface area contributed by atoms with E-state index in [-0.39, 0.29) is 53.0 Å². The van der Waals surface area contributed by atoms with E-state index in [1.165, 1.54) is 11.0 Å². The molecule has 2 aromatic carbocycles. The highest BCUT2D eigenvalue weighted by Gasteiger charge is 2.39. The molecule has 2 aliphatic heterocycles. The molecule has 1 fully saturated rings. The first kappa shape index (κ1) is 27.7. The minimum atomic E-state index is -4.72. The van der Waals surface area contributed by atoms with Crippen molar-refractivity contribution in [3.05, 3.63) is 53.4 Å². The van der Waals surface area contributed by atoms with Gasteiger partial charge in [-0.25, -0.2) is 21.2 Å². The predicted octanol–water partition coefficient (Wildman–Crippen LogP) is 3.16. The van der Waals surface area contributed by atoms with Gasteiger partial charge in [-0.1, -0.05) is 0 Å². The molecule has 0 bridgehead atoms. The third-order valence-corrected chi connectivity index (χ3v) is 8.54. The van der Waals surface area contributed by atoms with Crippen molar-refractivity contribution in [1.82, 2.24) is 4.90 Å². The number of halogens is 4. The highest BCUT2D eigenvalue weighted by Crippen LogP contribution is 2.36. The highest BCUT2D eigenvalue weighted by molar-refractivity contribution is 7.94. The van der Waals surface area contributed by atoms with Gasteiger partial charge < -0.3 is 19.3 Å². The number of anilines is 1. The molecule has 2 aliphatic rings. The molecule has 0 saturated carbocycles. The maximum atomic E-state index is 14.8. The maximum absolute atomic E-state index is 14.8.